The first-order chi connectivity index (χ1) is 43.6. The number of rotatable bonds is 9. The lowest BCUT2D eigenvalue weighted by atomic mass is 9.65. The molecule has 5 N–H and O–H groups in total. The van der Waals surface area contributed by atoms with Crippen molar-refractivity contribution in [1.29, 1.82) is 42.1 Å². The molecule has 10 rings (SSSR count). The van der Waals surface area contributed by atoms with Crippen molar-refractivity contribution < 1.29 is 28.8 Å². The molecule has 0 aromatic heterocycles. The Bertz CT molecular complexity index is 3640. The molecule has 484 valence electrons. The number of carbonyl (C=O) groups is 3. The van der Waals surface area contributed by atoms with E-state index in [1.165, 1.54) is 50.5 Å². The van der Waals surface area contributed by atoms with Gasteiger partial charge in [0.05, 0.1) is 53.5 Å². The van der Waals surface area contributed by atoms with E-state index in [-0.39, 0.29) is 28.7 Å². The van der Waals surface area contributed by atoms with Gasteiger partial charge in [-0.2, -0.15) is 42.1 Å². The van der Waals surface area contributed by atoms with Crippen molar-refractivity contribution in [3.05, 3.63) is 129 Å². The number of nitrogens with zero attached hydrogens (tertiary/aromatic N) is 11. The third-order valence-corrected chi connectivity index (χ3v) is 18.0. The molecule has 3 saturated carbocycles. The standard InChI is InChI=1S/C22H28N4O2.C17H20N4.C12H19NO3.C10H7N3O2.C10H9N3/c1-20(2,3)28-19(27)26-10-9-22(15-26)11-18(12-22)25-17-7-5-16(6-8-17)21(4,13-23)14-24;1-16(10-18,11-19)13-2-4-14(5-3-13)21-15-8-17(9-15)6-7-20-12-17;1-11(2,3)16-10(15)13-5-4-12(8-13)6-9(14)7-12;1-10(6-11,7-12)8-2-4-9(5-3-8)13(14)15;1-10(6-11,7-12)8-2-4-9(13)5-3-8/h5-8,18,25H,9-12,15H2,1-4H3;2-5,15,20-21H,6-9,12H2,1H3;4-8H2,1-3H3;2-5H,1H3;2-5H,13H2,1H3. The number of amides is 2. The number of anilines is 3. The van der Waals surface area contributed by atoms with E-state index in [2.05, 4.69) is 40.2 Å². The van der Waals surface area contributed by atoms with Crippen molar-refractivity contribution in [2.24, 2.45) is 16.2 Å². The molecule has 93 heavy (non-hydrogen) atoms. The maximum atomic E-state index is 12.3. The third kappa shape index (κ3) is 18.3. The number of ether oxygens (including phenoxy) is 2. The molecule has 0 atom stereocenters. The van der Waals surface area contributed by atoms with Gasteiger partial charge in [-0.25, -0.2) is 9.59 Å². The molecule has 3 aliphatic carbocycles. The Hall–Kier alpha value is -10.2. The summed E-state index contributed by atoms with van der Waals surface area (Å²) in [6, 6.07) is 44.2. The van der Waals surface area contributed by atoms with Crippen LogP contribution in [0.2, 0.25) is 0 Å². The van der Waals surface area contributed by atoms with Crippen LogP contribution in [0.3, 0.4) is 0 Å². The Kier molecular flexibility index (Phi) is 22.4. The second-order valence-corrected chi connectivity index (χ2v) is 28.1. The van der Waals surface area contributed by atoms with Crippen LogP contribution in [0, 0.1) is 117 Å². The molecule has 2 amide bonds. The highest BCUT2D eigenvalue weighted by molar-refractivity contribution is 5.86. The lowest BCUT2D eigenvalue weighted by Crippen LogP contribution is -2.47. The first-order valence-corrected chi connectivity index (χ1v) is 31.0. The quantitative estimate of drug-likeness (QED) is 0.0687. The smallest absolute Gasteiger partial charge is 0.410 e. The third-order valence-electron chi connectivity index (χ3n) is 18.0. The Morgan fingerprint density at radius 3 is 1.16 bits per heavy atom. The van der Waals surface area contributed by atoms with Crippen molar-refractivity contribution >= 4 is 40.7 Å². The van der Waals surface area contributed by atoms with Gasteiger partial charge in [-0.05, 0) is 202 Å². The van der Waals surface area contributed by atoms with Gasteiger partial charge < -0.3 is 41.0 Å². The van der Waals surface area contributed by atoms with Gasteiger partial charge >= 0.3 is 12.2 Å². The van der Waals surface area contributed by atoms with Gasteiger partial charge in [-0.15, -0.1) is 0 Å². The Morgan fingerprint density at radius 2 is 0.849 bits per heavy atom. The normalized spacial score (nSPS) is 20.6. The van der Waals surface area contributed by atoms with Crippen LogP contribution in [0.5, 0.6) is 0 Å². The van der Waals surface area contributed by atoms with E-state index in [9.17, 15) is 35.0 Å². The largest absolute Gasteiger partial charge is 0.444 e. The summed E-state index contributed by atoms with van der Waals surface area (Å²) < 4.78 is 10.8. The summed E-state index contributed by atoms with van der Waals surface area (Å²) in [5.74, 6) is 0.325. The highest BCUT2D eigenvalue weighted by Crippen LogP contribution is 2.50. The number of nitrogen functional groups attached to an aromatic ring is 1. The average Bonchev–Trinajstić information content (AvgIpc) is 1.70. The number of likely N-dealkylation sites (tertiary alicyclic amines) is 2. The fourth-order valence-corrected chi connectivity index (χ4v) is 12.2. The monoisotopic (exact) mass is 1260 g/mol. The predicted molar refractivity (Wildman–Crippen MR) is 348 cm³/mol. The van der Waals surface area contributed by atoms with Crippen LogP contribution in [0.1, 0.15) is 149 Å². The molecule has 4 aromatic carbocycles. The second kappa shape index (κ2) is 28.9. The molecular weight excluding hydrogens is 1170 g/mol. The second-order valence-electron chi connectivity index (χ2n) is 28.1. The summed E-state index contributed by atoms with van der Waals surface area (Å²) in [6.07, 6.45) is 8.61. The van der Waals surface area contributed by atoms with Gasteiger partial charge in [0.1, 0.15) is 17.0 Å². The molecule has 3 aliphatic heterocycles. The minimum atomic E-state index is -1.25. The number of Topliss-reactive ketones (excluding diaryl/α,β-unsaturated/α-hetero) is 1. The molecule has 22 nitrogen and oxygen atoms in total. The maximum absolute atomic E-state index is 12.3. The number of hydrogen-bond donors (Lipinski definition) is 4. The topological polar surface area (TPSA) is 372 Å². The lowest BCUT2D eigenvalue weighted by molar-refractivity contribution is -0.384. The SMILES string of the molecule is CC(C#N)(C#N)c1ccc(N)cc1.CC(C#N)(C#N)c1ccc(NC2CC3(CCNC3)C2)cc1.CC(C#N)(C#N)c1ccc([N+](=O)[O-])cc1.CC(C)(C)OC(=O)N1CCC2(CC(=O)C2)C1.CC(C)(C)OC(=O)N1CCC2(CC(Nc3ccc(C(C)(C#N)C#N)cc3)C2)C1. The number of nitrogens with two attached hydrogens (primary N) is 1. The first kappa shape index (κ1) is 71.8. The van der Waals surface area contributed by atoms with Gasteiger partial charge in [0.25, 0.3) is 5.69 Å². The van der Waals surface area contributed by atoms with Crippen LogP contribution in [0.25, 0.3) is 0 Å². The highest BCUT2D eigenvalue weighted by Gasteiger charge is 2.51. The van der Waals surface area contributed by atoms with Crippen molar-refractivity contribution in [2.45, 2.75) is 172 Å². The van der Waals surface area contributed by atoms with E-state index in [0.29, 0.717) is 65.0 Å². The van der Waals surface area contributed by atoms with E-state index < -0.39 is 37.8 Å². The van der Waals surface area contributed by atoms with Crippen molar-refractivity contribution in [2.75, 3.05) is 55.6 Å². The summed E-state index contributed by atoms with van der Waals surface area (Å²) in [6.45, 7) is 22.8. The van der Waals surface area contributed by atoms with Gasteiger partial charge in [-0.1, -0.05) is 36.4 Å². The Balaban J connectivity index is 0.000000190. The lowest BCUT2D eigenvalue weighted by Gasteiger charge is -2.45. The molecule has 0 bridgehead atoms. The predicted octanol–water partition coefficient (Wildman–Crippen LogP) is 12.2. The molecule has 3 saturated heterocycles. The van der Waals surface area contributed by atoms with Crippen LogP contribution >= 0.6 is 0 Å². The number of carbonyl (C=O) groups excluding carboxylic acids is 3. The molecule has 3 spiro atoms. The highest BCUT2D eigenvalue weighted by atomic mass is 16.6. The van der Waals surface area contributed by atoms with Crippen LogP contribution in [0.15, 0.2) is 97.1 Å². The number of nitro benzene ring substituents is 1. The van der Waals surface area contributed by atoms with Crippen LogP contribution in [0.4, 0.5) is 32.3 Å². The van der Waals surface area contributed by atoms with Crippen LogP contribution in [-0.2, 0) is 35.9 Å². The van der Waals surface area contributed by atoms with Crippen molar-refractivity contribution in [1.82, 2.24) is 15.1 Å². The van der Waals surface area contributed by atoms with Crippen LogP contribution < -0.4 is 21.7 Å². The fraction of sp³-hybridized carbons (Fsp3) is 0.507. The number of nitrogens with one attached hydrogen (secondary N) is 3. The number of hydrogen-bond acceptors (Lipinski definition) is 19. The van der Waals surface area contributed by atoms with Crippen LogP contribution in [-0.4, -0.2) is 95.2 Å². The molecule has 6 fully saturated rings. The van der Waals surface area contributed by atoms with Crippen molar-refractivity contribution in [3.8, 4) is 48.6 Å². The summed E-state index contributed by atoms with van der Waals surface area (Å²) in [4.78, 5) is 48.5. The zero-order chi connectivity index (χ0) is 68.9. The van der Waals surface area contributed by atoms with Crippen molar-refractivity contribution in [3.63, 3.8) is 0 Å². The van der Waals surface area contributed by atoms with E-state index in [1.54, 1.807) is 49.9 Å². The van der Waals surface area contributed by atoms with E-state index in [4.69, 9.17) is 46.8 Å². The minimum Gasteiger partial charge on any atom is -0.444 e. The number of nitro groups is 1. The summed E-state index contributed by atoms with van der Waals surface area (Å²) >= 11 is 0. The zero-order valence-electron chi connectivity index (χ0n) is 54.9. The molecule has 0 radical (unpaired) electrons. The zero-order valence-corrected chi connectivity index (χ0v) is 54.9. The molecule has 6 aliphatic rings. The molecular formula is C71H83N15O7. The number of non-ortho nitro benzene ring substituents is 1. The molecule has 0 unspecified atom stereocenters. The van der Waals surface area contributed by atoms with Gasteiger partial charge in [0.2, 0.25) is 0 Å². The minimum absolute atomic E-state index is 0.0584. The average molecular weight is 1260 g/mol. The number of benzene rings is 4. The number of nitriles is 8. The molecule has 22 heteroatoms. The summed E-state index contributed by atoms with van der Waals surface area (Å²) in [5.41, 5.74) is 6.13. The Labute approximate surface area is 546 Å². The molecule has 4 aromatic rings. The maximum Gasteiger partial charge on any atom is 0.410 e. The van der Waals surface area contributed by atoms with E-state index in [0.717, 1.165) is 75.3 Å². The summed E-state index contributed by atoms with van der Waals surface area (Å²) in [5, 5.41) is 92.8. The fourth-order valence-electron chi connectivity index (χ4n) is 12.2. The van der Waals surface area contributed by atoms with Gasteiger partial charge in [0, 0.05) is 92.3 Å². The summed E-state index contributed by atoms with van der Waals surface area (Å²) in [7, 11) is 0. The number of ketones is 1. The van der Waals surface area contributed by atoms with E-state index in [1.807, 2.05) is 119 Å². The van der Waals surface area contributed by atoms with Gasteiger partial charge in [0.15, 0.2) is 21.7 Å². The van der Waals surface area contributed by atoms with Gasteiger partial charge in [-0.3, -0.25) is 14.9 Å². The first-order valence-electron chi connectivity index (χ1n) is 31.0. The molecule has 3 heterocycles. The Morgan fingerprint density at radius 1 is 0.527 bits per heavy atom. The van der Waals surface area contributed by atoms with E-state index >= 15 is 0 Å².